The summed E-state index contributed by atoms with van der Waals surface area (Å²) >= 11 is 0. The molecule has 0 aliphatic heterocycles. The van der Waals surface area contributed by atoms with Crippen LogP contribution in [0.3, 0.4) is 0 Å². The normalized spacial score (nSPS) is 11.8. The second-order valence-corrected chi connectivity index (χ2v) is 8.49. The maximum absolute atomic E-state index is 13.4. The molecule has 0 bridgehead atoms. The third kappa shape index (κ3) is 7.68. The van der Waals surface area contributed by atoms with Gasteiger partial charge in [0, 0.05) is 12.2 Å². The van der Waals surface area contributed by atoms with E-state index in [2.05, 4.69) is 17.2 Å². The van der Waals surface area contributed by atoms with Crippen LogP contribution in [-0.2, 0) is 14.3 Å². The van der Waals surface area contributed by atoms with Gasteiger partial charge < -0.3 is 25.4 Å². The number of phenols is 1. The number of anilines is 1. The van der Waals surface area contributed by atoms with Crippen molar-refractivity contribution < 1.29 is 24.2 Å². The van der Waals surface area contributed by atoms with Gasteiger partial charge in [0.25, 0.3) is 5.91 Å². The topological polar surface area (TPSA) is 108 Å². The molecule has 0 aromatic heterocycles. The summed E-state index contributed by atoms with van der Waals surface area (Å²) in [6, 6.07) is 12.3. The van der Waals surface area contributed by atoms with E-state index in [0.29, 0.717) is 11.3 Å². The highest BCUT2D eigenvalue weighted by molar-refractivity contribution is 5.98. The van der Waals surface area contributed by atoms with Crippen molar-refractivity contribution in [3.05, 3.63) is 72.3 Å². The SMILES string of the molecule is C=CCN(C(=O)CNC(=O)OC(C)(C)C)C(C(=O)Nc1ccccc1C)c1ccc(O)cc1. The molecule has 0 heterocycles. The summed E-state index contributed by atoms with van der Waals surface area (Å²) in [5.74, 6) is -0.911. The molecular formula is C25H31N3O5. The number of benzene rings is 2. The Balaban J connectivity index is 2.32. The van der Waals surface area contributed by atoms with Crippen molar-refractivity contribution in [2.45, 2.75) is 39.3 Å². The Morgan fingerprint density at radius 2 is 1.76 bits per heavy atom. The molecule has 33 heavy (non-hydrogen) atoms. The van der Waals surface area contributed by atoms with Crippen LogP contribution in [0.4, 0.5) is 10.5 Å². The minimum Gasteiger partial charge on any atom is -0.508 e. The van der Waals surface area contributed by atoms with Gasteiger partial charge in [0.2, 0.25) is 5.91 Å². The second-order valence-electron chi connectivity index (χ2n) is 8.49. The molecule has 0 saturated carbocycles. The zero-order valence-electron chi connectivity index (χ0n) is 19.4. The summed E-state index contributed by atoms with van der Waals surface area (Å²) in [4.78, 5) is 39.8. The molecule has 0 saturated heterocycles. The second kappa shape index (κ2) is 11.2. The summed E-state index contributed by atoms with van der Waals surface area (Å²) in [5.41, 5.74) is 1.26. The van der Waals surface area contributed by atoms with E-state index in [4.69, 9.17) is 4.74 Å². The molecule has 0 spiro atoms. The van der Waals surface area contributed by atoms with Crippen LogP contribution in [0.15, 0.2) is 61.2 Å². The van der Waals surface area contributed by atoms with Crippen molar-refractivity contribution in [3.63, 3.8) is 0 Å². The fourth-order valence-corrected chi connectivity index (χ4v) is 3.10. The van der Waals surface area contributed by atoms with Gasteiger partial charge in [-0.05, 0) is 57.0 Å². The number of para-hydroxylation sites is 1. The van der Waals surface area contributed by atoms with Crippen LogP contribution in [0.2, 0.25) is 0 Å². The number of hydrogen-bond donors (Lipinski definition) is 3. The van der Waals surface area contributed by atoms with Gasteiger partial charge in [0.05, 0.1) is 0 Å². The van der Waals surface area contributed by atoms with E-state index in [1.807, 2.05) is 19.1 Å². The van der Waals surface area contributed by atoms with Crippen LogP contribution in [0, 0.1) is 6.92 Å². The summed E-state index contributed by atoms with van der Waals surface area (Å²) in [6.45, 7) is 10.4. The van der Waals surface area contributed by atoms with E-state index in [-0.39, 0.29) is 18.8 Å². The van der Waals surface area contributed by atoms with Crippen molar-refractivity contribution in [1.29, 1.82) is 0 Å². The van der Waals surface area contributed by atoms with E-state index in [0.717, 1.165) is 5.56 Å². The average molecular weight is 454 g/mol. The molecule has 0 aliphatic rings. The first-order valence-electron chi connectivity index (χ1n) is 10.5. The largest absolute Gasteiger partial charge is 0.508 e. The molecule has 8 heteroatoms. The monoisotopic (exact) mass is 453 g/mol. The minimum atomic E-state index is -1.03. The van der Waals surface area contributed by atoms with E-state index in [9.17, 15) is 19.5 Å². The standard InChI is InChI=1S/C25H31N3O5/c1-6-15-28(21(30)16-26-24(32)33-25(3,4)5)22(18-11-13-19(29)14-12-18)23(31)27-20-10-8-7-9-17(20)2/h6-14,22,29H,1,15-16H2,2-5H3,(H,26,32)(H,27,31). The zero-order valence-corrected chi connectivity index (χ0v) is 19.4. The lowest BCUT2D eigenvalue weighted by atomic mass is 10.0. The van der Waals surface area contributed by atoms with Crippen LogP contribution in [0.25, 0.3) is 0 Å². The lowest BCUT2D eigenvalue weighted by Gasteiger charge is -2.31. The van der Waals surface area contributed by atoms with E-state index in [1.165, 1.54) is 23.1 Å². The number of rotatable bonds is 8. The Hall–Kier alpha value is -3.81. The van der Waals surface area contributed by atoms with Crippen LogP contribution >= 0.6 is 0 Å². The van der Waals surface area contributed by atoms with E-state index in [1.54, 1.807) is 45.0 Å². The highest BCUT2D eigenvalue weighted by Crippen LogP contribution is 2.26. The molecule has 0 radical (unpaired) electrons. The van der Waals surface area contributed by atoms with Crippen molar-refractivity contribution in [3.8, 4) is 5.75 Å². The molecular weight excluding hydrogens is 422 g/mol. The number of amides is 3. The smallest absolute Gasteiger partial charge is 0.408 e. The summed E-state index contributed by atoms with van der Waals surface area (Å²) < 4.78 is 5.18. The fourth-order valence-electron chi connectivity index (χ4n) is 3.10. The molecule has 1 atom stereocenters. The average Bonchev–Trinajstić information content (AvgIpc) is 2.73. The summed E-state index contributed by atoms with van der Waals surface area (Å²) in [6.07, 6.45) is 0.764. The molecule has 8 nitrogen and oxygen atoms in total. The van der Waals surface area contributed by atoms with Gasteiger partial charge in [-0.15, -0.1) is 6.58 Å². The van der Waals surface area contributed by atoms with Crippen molar-refractivity contribution in [1.82, 2.24) is 10.2 Å². The first kappa shape index (κ1) is 25.5. The highest BCUT2D eigenvalue weighted by Gasteiger charge is 2.31. The number of carbonyl (C=O) groups excluding carboxylic acids is 3. The fraction of sp³-hybridized carbons (Fsp3) is 0.320. The van der Waals surface area contributed by atoms with Gasteiger partial charge in [-0.3, -0.25) is 9.59 Å². The number of nitrogens with zero attached hydrogens (tertiary/aromatic N) is 1. The Morgan fingerprint density at radius 3 is 2.33 bits per heavy atom. The van der Waals surface area contributed by atoms with Gasteiger partial charge in [0.15, 0.2) is 0 Å². The Labute approximate surface area is 194 Å². The van der Waals surface area contributed by atoms with Crippen molar-refractivity contribution in [2.75, 3.05) is 18.4 Å². The van der Waals surface area contributed by atoms with Crippen LogP contribution in [-0.4, -0.2) is 46.6 Å². The van der Waals surface area contributed by atoms with Crippen LogP contribution < -0.4 is 10.6 Å². The predicted octanol–water partition coefficient (Wildman–Crippen LogP) is 3.92. The number of phenolic OH excluding ortho intramolecular Hbond substituents is 1. The number of ether oxygens (including phenoxy) is 1. The van der Waals surface area contributed by atoms with Gasteiger partial charge in [-0.2, -0.15) is 0 Å². The number of hydrogen-bond acceptors (Lipinski definition) is 5. The van der Waals surface area contributed by atoms with Crippen molar-refractivity contribution >= 4 is 23.6 Å². The Kier molecular flexibility index (Phi) is 8.62. The van der Waals surface area contributed by atoms with Crippen LogP contribution in [0.1, 0.15) is 37.9 Å². The molecule has 3 N–H and O–H groups in total. The third-order valence-electron chi connectivity index (χ3n) is 4.60. The molecule has 2 aromatic carbocycles. The quantitative estimate of drug-likeness (QED) is 0.525. The van der Waals surface area contributed by atoms with Crippen LogP contribution in [0.5, 0.6) is 5.75 Å². The number of aromatic hydroxyl groups is 1. The van der Waals surface area contributed by atoms with Gasteiger partial charge in [-0.1, -0.05) is 36.4 Å². The molecule has 2 aromatic rings. The van der Waals surface area contributed by atoms with Gasteiger partial charge >= 0.3 is 6.09 Å². The van der Waals surface area contributed by atoms with E-state index < -0.39 is 29.6 Å². The molecule has 3 amide bonds. The lowest BCUT2D eigenvalue weighted by Crippen LogP contribution is -2.46. The third-order valence-corrected chi connectivity index (χ3v) is 4.60. The van der Waals surface area contributed by atoms with Gasteiger partial charge in [0.1, 0.15) is 23.9 Å². The molecule has 2 rings (SSSR count). The molecule has 0 fully saturated rings. The van der Waals surface area contributed by atoms with Crippen molar-refractivity contribution in [2.24, 2.45) is 0 Å². The predicted molar refractivity (Wildman–Crippen MR) is 127 cm³/mol. The lowest BCUT2D eigenvalue weighted by molar-refractivity contribution is -0.137. The Morgan fingerprint density at radius 1 is 1.12 bits per heavy atom. The zero-order chi connectivity index (χ0) is 24.6. The maximum Gasteiger partial charge on any atom is 0.408 e. The molecule has 1 unspecified atom stereocenters. The maximum atomic E-state index is 13.4. The number of aryl methyl sites for hydroxylation is 1. The number of carbonyl (C=O) groups is 3. The minimum absolute atomic E-state index is 0.0324. The summed E-state index contributed by atoms with van der Waals surface area (Å²) in [7, 11) is 0. The molecule has 0 aliphatic carbocycles. The number of alkyl carbamates (subject to hydrolysis) is 1. The first-order valence-corrected chi connectivity index (χ1v) is 10.5. The Bertz CT molecular complexity index is 996. The first-order chi connectivity index (χ1) is 15.5. The van der Waals surface area contributed by atoms with Gasteiger partial charge in [-0.25, -0.2) is 4.79 Å². The van der Waals surface area contributed by atoms with E-state index >= 15 is 0 Å². The molecule has 176 valence electrons. The summed E-state index contributed by atoms with van der Waals surface area (Å²) in [5, 5.41) is 15.0. The highest BCUT2D eigenvalue weighted by atomic mass is 16.6. The number of nitrogens with one attached hydrogen (secondary N) is 2.